The molecule has 5 nitrogen and oxygen atoms in total. The summed E-state index contributed by atoms with van der Waals surface area (Å²) in [7, 11) is 0. The van der Waals surface area contributed by atoms with E-state index in [-0.39, 0.29) is 5.91 Å². The molecule has 0 saturated carbocycles. The van der Waals surface area contributed by atoms with Crippen LogP contribution >= 0.6 is 11.3 Å². The maximum atomic E-state index is 12.4. The second kappa shape index (κ2) is 8.91. The van der Waals surface area contributed by atoms with E-state index < -0.39 is 0 Å². The average Bonchev–Trinajstić information content (AvgIpc) is 3.48. The number of hydrogen-bond donors (Lipinski definition) is 1. The van der Waals surface area contributed by atoms with Crippen LogP contribution in [0.5, 0.6) is 11.5 Å². The largest absolute Gasteiger partial charge is 0.457 e. The minimum Gasteiger partial charge on any atom is -0.457 e. The average molecular weight is 438 g/mol. The van der Waals surface area contributed by atoms with Crippen LogP contribution in [0.4, 0.5) is 5.69 Å². The van der Waals surface area contributed by atoms with Gasteiger partial charge in [0, 0.05) is 39.8 Å². The summed E-state index contributed by atoms with van der Waals surface area (Å²) in [6, 6.07) is 26.4. The Morgan fingerprint density at radius 1 is 0.938 bits per heavy atom. The summed E-state index contributed by atoms with van der Waals surface area (Å²) in [6.45, 7) is 0. The van der Waals surface area contributed by atoms with Crippen molar-refractivity contribution in [1.82, 2.24) is 9.78 Å². The summed E-state index contributed by atoms with van der Waals surface area (Å²) in [4.78, 5) is 13.6. The fourth-order valence-electron chi connectivity index (χ4n) is 3.30. The van der Waals surface area contributed by atoms with Crippen molar-refractivity contribution in [2.75, 3.05) is 5.32 Å². The Labute approximate surface area is 189 Å². The summed E-state index contributed by atoms with van der Waals surface area (Å²) in [5.41, 5.74) is 2.22. The minimum atomic E-state index is -0.161. The molecule has 0 spiro atoms. The SMILES string of the molecule is O=C(Nc1cccc(Oc2ccc3cnn(C=Cc4cccs4)c3c2)c1)c1ccccc1. The number of hydrogen-bond acceptors (Lipinski definition) is 4. The molecule has 1 amide bonds. The van der Waals surface area contributed by atoms with Crippen LogP contribution < -0.4 is 10.1 Å². The number of anilines is 1. The Hall–Kier alpha value is -4.16. The molecule has 0 saturated heterocycles. The number of nitrogens with one attached hydrogen (secondary N) is 1. The zero-order valence-corrected chi connectivity index (χ0v) is 17.8. The van der Waals surface area contributed by atoms with Gasteiger partial charge in [-0.15, -0.1) is 11.3 Å². The quantitative estimate of drug-likeness (QED) is 0.319. The third-order valence-electron chi connectivity index (χ3n) is 4.86. The lowest BCUT2D eigenvalue weighted by Gasteiger charge is -2.09. The molecule has 2 heterocycles. The van der Waals surface area contributed by atoms with Crippen LogP contribution in [-0.2, 0) is 0 Å². The highest BCUT2D eigenvalue weighted by Gasteiger charge is 2.08. The van der Waals surface area contributed by atoms with Crippen LogP contribution in [0.1, 0.15) is 15.2 Å². The zero-order valence-electron chi connectivity index (χ0n) is 17.0. The van der Waals surface area contributed by atoms with E-state index >= 15 is 0 Å². The van der Waals surface area contributed by atoms with Crippen LogP contribution in [0.15, 0.2) is 96.5 Å². The van der Waals surface area contributed by atoms with Crippen LogP contribution in [0.2, 0.25) is 0 Å². The minimum absolute atomic E-state index is 0.161. The van der Waals surface area contributed by atoms with E-state index in [9.17, 15) is 4.79 Å². The first kappa shape index (κ1) is 19.8. The molecule has 156 valence electrons. The molecular weight excluding hydrogens is 418 g/mol. The van der Waals surface area contributed by atoms with Crippen molar-refractivity contribution in [3.8, 4) is 11.5 Å². The maximum absolute atomic E-state index is 12.4. The number of carbonyl (C=O) groups excluding carboxylic acids is 1. The highest BCUT2D eigenvalue weighted by atomic mass is 32.1. The van der Waals surface area contributed by atoms with Crippen LogP contribution in [-0.4, -0.2) is 15.7 Å². The predicted molar refractivity (Wildman–Crippen MR) is 130 cm³/mol. The normalized spacial score (nSPS) is 11.1. The molecule has 32 heavy (non-hydrogen) atoms. The summed E-state index contributed by atoms with van der Waals surface area (Å²) in [5, 5.41) is 10.4. The number of carbonyl (C=O) groups is 1. The first-order valence-electron chi connectivity index (χ1n) is 10.1. The second-order valence-electron chi connectivity index (χ2n) is 7.09. The molecule has 3 aromatic carbocycles. The number of fused-ring (bicyclic) bond motifs is 1. The van der Waals surface area contributed by atoms with Gasteiger partial charge in [-0.1, -0.05) is 30.3 Å². The first-order valence-corrected chi connectivity index (χ1v) is 11.0. The summed E-state index contributed by atoms with van der Waals surface area (Å²) < 4.78 is 7.91. The molecule has 0 aliphatic rings. The number of nitrogens with zero attached hydrogens (tertiary/aromatic N) is 2. The van der Waals surface area contributed by atoms with Gasteiger partial charge < -0.3 is 10.1 Å². The second-order valence-corrected chi connectivity index (χ2v) is 8.07. The fraction of sp³-hybridized carbons (Fsp3) is 0. The molecule has 0 fully saturated rings. The van der Waals surface area contributed by atoms with E-state index in [1.165, 1.54) is 0 Å². The van der Waals surface area contributed by atoms with Gasteiger partial charge in [0.1, 0.15) is 11.5 Å². The smallest absolute Gasteiger partial charge is 0.255 e. The van der Waals surface area contributed by atoms with E-state index in [2.05, 4.69) is 16.5 Å². The van der Waals surface area contributed by atoms with Gasteiger partial charge in [0.05, 0.1) is 11.7 Å². The Morgan fingerprint density at radius 2 is 1.81 bits per heavy atom. The molecule has 6 heteroatoms. The molecule has 0 bridgehead atoms. The van der Waals surface area contributed by atoms with Crippen molar-refractivity contribution in [3.63, 3.8) is 0 Å². The van der Waals surface area contributed by atoms with E-state index in [4.69, 9.17) is 4.74 Å². The van der Waals surface area contributed by atoms with E-state index in [1.54, 1.807) is 29.5 Å². The van der Waals surface area contributed by atoms with Crippen LogP contribution in [0, 0.1) is 0 Å². The predicted octanol–water partition coefficient (Wildman–Crippen LogP) is 6.77. The number of rotatable bonds is 6. The molecule has 1 N–H and O–H groups in total. The van der Waals surface area contributed by atoms with Crippen molar-refractivity contribution < 1.29 is 9.53 Å². The van der Waals surface area contributed by atoms with Crippen molar-refractivity contribution >= 4 is 46.1 Å². The molecule has 0 atom stereocenters. The summed E-state index contributed by atoms with van der Waals surface area (Å²) >= 11 is 1.68. The third kappa shape index (κ3) is 4.45. The number of benzene rings is 3. The van der Waals surface area contributed by atoms with Crippen molar-refractivity contribution in [2.45, 2.75) is 0 Å². The topological polar surface area (TPSA) is 56.1 Å². The van der Waals surface area contributed by atoms with E-state index in [1.807, 2.05) is 89.2 Å². The maximum Gasteiger partial charge on any atom is 0.255 e. The van der Waals surface area contributed by atoms with Crippen LogP contribution in [0.25, 0.3) is 23.2 Å². The van der Waals surface area contributed by atoms with Crippen molar-refractivity contribution in [1.29, 1.82) is 0 Å². The Bertz CT molecular complexity index is 1390. The van der Waals surface area contributed by atoms with Crippen LogP contribution in [0.3, 0.4) is 0 Å². The molecule has 0 radical (unpaired) electrons. The lowest BCUT2D eigenvalue weighted by atomic mass is 10.2. The molecule has 2 aromatic heterocycles. The van der Waals surface area contributed by atoms with E-state index in [0.717, 1.165) is 15.8 Å². The molecule has 5 aromatic rings. The molecule has 5 rings (SSSR count). The summed E-state index contributed by atoms with van der Waals surface area (Å²) in [6.07, 6.45) is 5.80. The van der Waals surface area contributed by atoms with Gasteiger partial charge in [-0.3, -0.25) is 4.79 Å². The van der Waals surface area contributed by atoms with Gasteiger partial charge in [-0.05, 0) is 53.9 Å². The van der Waals surface area contributed by atoms with Gasteiger partial charge >= 0.3 is 0 Å². The van der Waals surface area contributed by atoms with Gasteiger partial charge in [0.25, 0.3) is 5.91 Å². The molecule has 0 aliphatic heterocycles. The van der Waals surface area contributed by atoms with Crippen molar-refractivity contribution in [3.05, 3.63) is 107 Å². The van der Waals surface area contributed by atoms with Gasteiger partial charge in [-0.2, -0.15) is 5.10 Å². The molecular formula is C26H19N3O2S. The molecule has 0 aliphatic carbocycles. The highest BCUT2D eigenvalue weighted by Crippen LogP contribution is 2.28. The zero-order chi connectivity index (χ0) is 21.8. The number of amides is 1. The number of aromatic nitrogens is 2. The molecule has 0 unspecified atom stereocenters. The lowest BCUT2D eigenvalue weighted by molar-refractivity contribution is 0.102. The number of thiophene rings is 1. The Balaban J connectivity index is 1.35. The number of ether oxygens (including phenoxy) is 1. The third-order valence-corrected chi connectivity index (χ3v) is 5.69. The highest BCUT2D eigenvalue weighted by molar-refractivity contribution is 7.10. The van der Waals surface area contributed by atoms with Gasteiger partial charge in [0.15, 0.2) is 0 Å². The first-order chi connectivity index (χ1) is 15.7. The van der Waals surface area contributed by atoms with E-state index in [0.29, 0.717) is 22.7 Å². The fourth-order valence-corrected chi connectivity index (χ4v) is 3.91. The Morgan fingerprint density at radius 3 is 2.66 bits per heavy atom. The monoisotopic (exact) mass is 437 g/mol. The standard InChI is InChI=1S/C26H19N3O2S/c30-26(19-6-2-1-3-7-19)28-21-8-4-9-22(16-21)31-23-12-11-20-18-27-29(25(20)17-23)14-13-24-10-5-15-32-24/h1-18H,(H,28,30). The Kier molecular flexibility index (Phi) is 5.51. The summed E-state index contributed by atoms with van der Waals surface area (Å²) in [5.74, 6) is 1.16. The van der Waals surface area contributed by atoms with Gasteiger partial charge in [-0.25, -0.2) is 4.68 Å². The lowest BCUT2D eigenvalue weighted by Crippen LogP contribution is -2.11. The van der Waals surface area contributed by atoms with Crippen molar-refractivity contribution in [2.24, 2.45) is 0 Å². The van der Waals surface area contributed by atoms with Gasteiger partial charge in [0.2, 0.25) is 0 Å².